The van der Waals surface area contributed by atoms with Crippen LogP contribution in [0, 0.1) is 6.92 Å². The van der Waals surface area contributed by atoms with E-state index in [-0.39, 0.29) is 18.5 Å². The fourth-order valence-corrected chi connectivity index (χ4v) is 4.04. The Labute approximate surface area is 137 Å². The molecular formula is C15H19N3O4S. The highest BCUT2D eigenvalue weighted by molar-refractivity contribution is 7.20. The summed E-state index contributed by atoms with van der Waals surface area (Å²) in [6, 6.07) is 1.73. The monoisotopic (exact) mass is 337 g/mol. The maximum atomic E-state index is 12.9. The van der Waals surface area contributed by atoms with Gasteiger partial charge in [-0.1, -0.05) is 0 Å². The first kappa shape index (κ1) is 15.9. The van der Waals surface area contributed by atoms with Crippen molar-refractivity contribution in [3.8, 4) is 0 Å². The zero-order valence-electron chi connectivity index (χ0n) is 13.1. The predicted octanol–water partition coefficient (Wildman–Crippen LogP) is 1.65. The lowest BCUT2D eigenvalue weighted by atomic mass is 10.1. The lowest BCUT2D eigenvalue weighted by Crippen LogP contribution is -2.45. The second-order valence-electron chi connectivity index (χ2n) is 5.71. The lowest BCUT2D eigenvalue weighted by molar-refractivity contribution is -0.138. The molecule has 23 heavy (non-hydrogen) atoms. The fraction of sp³-hybridized carbons (Fsp3) is 0.533. The number of nitrogens with zero attached hydrogens (tertiary/aromatic N) is 3. The summed E-state index contributed by atoms with van der Waals surface area (Å²) in [5.41, 5.74) is 0.869. The smallest absolute Gasteiger partial charge is 0.323 e. The van der Waals surface area contributed by atoms with Crippen molar-refractivity contribution in [3.63, 3.8) is 0 Å². The Bertz CT molecular complexity index is 711. The van der Waals surface area contributed by atoms with Crippen molar-refractivity contribution in [2.45, 2.75) is 25.8 Å². The molecule has 0 radical (unpaired) electrons. The third kappa shape index (κ3) is 3.09. The van der Waals surface area contributed by atoms with Crippen molar-refractivity contribution in [3.05, 3.63) is 16.6 Å². The van der Waals surface area contributed by atoms with E-state index < -0.39 is 5.97 Å². The number of amides is 1. The molecule has 0 saturated carbocycles. The highest BCUT2D eigenvalue weighted by atomic mass is 32.1. The van der Waals surface area contributed by atoms with Gasteiger partial charge in [0.2, 0.25) is 0 Å². The van der Waals surface area contributed by atoms with Crippen LogP contribution >= 0.6 is 11.3 Å². The Morgan fingerprint density at radius 1 is 1.48 bits per heavy atom. The van der Waals surface area contributed by atoms with Crippen molar-refractivity contribution in [2.24, 2.45) is 7.05 Å². The summed E-state index contributed by atoms with van der Waals surface area (Å²) in [5, 5.41) is 14.4. The number of hydrogen-bond donors (Lipinski definition) is 1. The van der Waals surface area contributed by atoms with Gasteiger partial charge in [-0.05, 0) is 25.8 Å². The molecule has 0 bridgehead atoms. The van der Waals surface area contributed by atoms with Crippen molar-refractivity contribution in [1.29, 1.82) is 0 Å². The molecule has 0 aromatic carbocycles. The number of carboxylic acids is 1. The second kappa shape index (κ2) is 6.29. The van der Waals surface area contributed by atoms with Crippen LogP contribution in [0.2, 0.25) is 0 Å². The van der Waals surface area contributed by atoms with E-state index in [1.165, 1.54) is 16.2 Å². The number of ether oxygens (including phenoxy) is 1. The van der Waals surface area contributed by atoms with E-state index >= 15 is 0 Å². The number of fused-ring (bicyclic) bond motifs is 1. The maximum absolute atomic E-state index is 12.9. The van der Waals surface area contributed by atoms with E-state index in [0.717, 1.165) is 15.9 Å². The standard InChI is InChI=1S/C15H19N3O4S/c1-9-11-7-12(23-15(11)17(2)16-9)14(21)18(8-13(19)20)10-3-5-22-6-4-10/h7,10H,3-6,8H2,1-2H3,(H,19,20). The Hall–Kier alpha value is -1.93. The van der Waals surface area contributed by atoms with Crippen LogP contribution in [0.5, 0.6) is 0 Å². The summed E-state index contributed by atoms with van der Waals surface area (Å²) in [6.45, 7) is 2.73. The Kier molecular flexibility index (Phi) is 4.36. The highest BCUT2D eigenvalue weighted by Gasteiger charge is 2.29. The Morgan fingerprint density at radius 2 is 2.17 bits per heavy atom. The van der Waals surface area contributed by atoms with Gasteiger partial charge in [0.05, 0.1) is 10.6 Å². The lowest BCUT2D eigenvalue weighted by Gasteiger charge is -2.32. The third-order valence-electron chi connectivity index (χ3n) is 4.11. The van der Waals surface area contributed by atoms with Crippen LogP contribution in [0.1, 0.15) is 28.2 Å². The fourth-order valence-electron chi connectivity index (χ4n) is 2.96. The Balaban J connectivity index is 1.91. The zero-order chi connectivity index (χ0) is 16.6. The molecule has 1 aliphatic rings. The molecule has 1 amide bonds. The van der Waals surface area contributed by atoms with Crippen LogP contribution < -0.4 is 0 Å². The quantitative estimate of drug-likeness (QED) is 0.917. The molecular weight excluding hydrogens is 318 g/mol. The van der Waals surface area contributed by atoms with Crippen LogP contribution in [0.3, 0.4) is 0 Å². The number of hydrogen-bond acceptors (Lipinski definition) is 5. The van der Waals surface area contributed by atoms with Crippen LogP contribution in [-0.4, -0.2) is 57.5 Å². The minimum absolute atomic E-state index is 0.0863. The van der Waals surface area contributed by atoms with Gasteiger partial charge in [0.15, 0.2) is 0 Å². The summed E-state index contributed by atoms with van der Waals surface area (Å²) in [7, 11) is 1.84. The summed E-state index contributed by atoms with van der Waals surface area (Å²) in [5.74, 6) is -1.22. The molecule has 1 saturated heterocycles. The largest absolute Gasteiger partial charge is 0.480 e. The summed E-state index contributed by atoms with van der Waals surface area (Å²) < 4.78 is 7.07. The number of aromatic nitrogens is 2. The molecule has 0 unspecified atom stereocenters. The van der Waals surface area contributed by atoms with Gasteiger partial charge in [0.1, 0.15) is 11.4 Å². The van der Waals surface area contributed by atoms with Gasteiger partial charge in [-0.15, -0.1) is 11.3 Å². The molecule has 1 fully saturated rings. The van der Waals surface area contributed by atoms with Gasteiger partial charge in [0, 0.05) is 31.7 Å². The summed E-state index contributed by atoms with van der Waals surface area (Å²) >= 11 is 1.36. The number of carbonyl (C=O) groups excluding carboxylic acids is 1. The first-order valence-electron chi connectivity index (χ1n) is 7.51. The second-order valence-corrected chi connectivity index (χ2v) is 6.74. The summed E-state index contributed by atoms with van der Waals surface area (Å²) in [6.07, 6.45) is 1.34. The van der Waals surface area contributed by atoms with E-state index in [0.29, 0.717) is 30.9 Å². The van der Waals surface area contributed by atoms with Gasteiger partial charge in [-0.3, -0.25) is 14.3 Å². The van der Waals surface area contributed by atoms with Gasteiger partial charge >= 0.3 is 5.97 Å². The molecule has 0 spiro atoms. The van der Waals surface area contributed by atoms with E-state index in [4.69, 9.17) is 9.84 Å². The Morgan fingerprint density at radius 3 is 2.78 bits per heavy atom. The molecule has 2 aromatic heterocycles. The van der Waals surface area contributed by atoms with Crippen molar-refractivity contribution < 1.29 is 19.4 Å². The van der Waals surface area contributed by atoms with Crippen molar-refractivity contribution in [2.75, 3.05) is 19.8 Å². The maximum Gasteiger partial charge on any atom is 0.323 e. The van der Waals surface area contributed by atoms with Gasteiger partial charge < -0.3 is 14.7 Å². The van der Waals surface area contributed by atoms with E-state index in [1.807, 2.05) is 20.0 Å². The summed E-state index contributed by atoms with van der Waals surface area (Å²) in [4.78, 5) is 27.0. The first-order valence-corrected chi connectivity index (χ1v) is 8.32. The van der Waals surface area contributed by atoms with Crippen LogP contribution in [-0.2, 0) is 16.6 Å². The SMILES string of the molecule is Cc1nn(C)c2sc(C(=O)N(CC(=O)O)C3CCOCC3)cc12. The number of aryl methyl sites for hydroxylation is 2. The van der Waals surface area contributed by atoms with Crippen molar-refractivity contribution in [1.82, 2.24) is 14.7 Å². The van der Waals surface area contributed by atoms with Crippen molar-refractivity contribution >= 4 is 33.4 Å². The van der Waals surface area contributed by atoms with E-state index in [2.05, 4.69) is 5.10 Å². The molecule has 1 N–H and O–H groups in total. The van der Waals surface area contributed by atoms with Gasteiger partial charge in [0.25, 0.3) is 5.91 Å². The number of carboxylic acid groups (broad SMARTS) is 1. The van der Waals surface area contributed by atoms with E-state index in [1.54, 1.807) is 4.68 Å². The number of thiophene rings is 1. The molecule has 0 atom stereocenters. The molecule has 124 valence electrons. The molecule has 2 aromatic rings. The first-order chi connectivity index (χ1) is 11.0. The molecule has 3 rings (SSSR count). The van der Waals surface area contributed by atoms with E-state index in [9.17, 15) is 9.59 Å². The molecule has 3 heterocycles. The van der Waals surface area contributed by atoms with Crippen LogP contribution in [0.25, 0.3) is 10.2 Å². The normalized spacial score (nSPS) is 15.9. The molecule has 8 heteroatoms. The number of carbonyl (C=O) groups is 2. The van der Waals surface area contributed by atoms with Crippen LogP contribution in [0.4, 0.5) is 0 Å². The predicted molar refractivity (Wildman–Crippen MR) is 85.8 cm³/mol. The highest BCUT2D eigenvalue weighted by Crippen LogP contribution is 2.29. The molecule has 1 aliphatic heterocycles. The molecule has 0 aliphatic carbocycles. The average Bonchev–Trinajstić information content (AvgIpc) is 3.07. The van der Waals surface area contributed by atoms with Gasteiger partial charge in [-0.2, -0.15) is 5.10 Å². The average molecular weight is 337 g/mol. The van der Waals surface area contributed by atoms with Gasteiger partial charge in [-0.25, -0.2) is 0 Å². The number of rotatable bonds is 4. The topological polar surface area (TPSA) is 84.7 Å². The third-order valence-corrected chi connectivity index (χ3v) is 5.29. The minimum Gasteiger partial charge on any atom is -0.480 e. The number of aliphatic carboxylic acids is 1. The molecule has 7 nitrogen and oxygen atoms in total. The minimum atomic E-state index is -0.996. The zero-order valence-corrected chi connectivity index (χ0v) is 13.9. The van der Waals surface area contributed by atoms with Crippen LogP contribution in [0.15, 0.2) is 6.07 Å².